The van der Waals surface area contributed by atoms with Crippen LogP contribution < -0.4 is 10.1 Å². The average Bonchev–Trinajstić information content (AvgIpc) is 2.77. The number of para-hydroxylation sites is 2. The number of carbonyl (C=O) groups excluding carboxylic acids is 1. The zero-order chi connectivity index (χ0) is 20.9. The maximum absolute atomic E-state index is 13.3. The van der Waals surface area contributed by atoms with E-state index in [0.717, 1.165) is 48.8 Å². The van der Waals surface area contributed by atoms with Crippen molar-refractivity contribution >= 4 is 11.5 Å². The lowest BCUT2D eigenvalue weighted by Crippen LogP contribution is -2.38. The first-order valence-corrected chi connectivity index (χ1v) is 11.1. The Morgan fingerprint density at radius 3 is 2.60 bits per heavy atom. The first-order valence-electron chi connectivity index (χ1n) is 11.1. The Morgan fingerprint density at radius 1 is 1.07 bits per heavy atom. The summed E-state index contributed by atoms with van der Waals surface area (Å²) in [6.45, 7) is 5.19. The number of nitrogens with zero attached hydrogens (tertiary/aromatic N) is 1. The van der Waals surface area contributed by atoms with E-state index in [0.29, 0.717) is 12.3 Å². The third-order valence-electron chi connectivity index (χ3n) is 6.37. The standard InChI is InChI=1S/C26H32N2O2/c1-19-9-8-14-28(17-19)18-22-24(27-23-12-6-7-13-26(23)30-2)15-21(16-25(22)29)20-10-4-3-5-11-20/h3-7,10-13,19,21,27H,8-9,14-18H2,1-2H3. The van der Waals surface area contributed by atoms with Crippen molar-refractivity contribution in [2.75, 3.05) is 32.1 Å². The van der Waals surface area contributed by atoms with E-state index >= 15 is 0 Å². The van der Waals surface area contributed by atoms with Gasteiger partial charge in [-0.3, -0.25) is 9.69 Å². The molecule has 30 heavy (non-hydrogen) atoms. The molecule has 2 aliphatic rings. The number of carbonyl (C=O) groups is 1. The molecule has 1 heterocycles. The Kier molecular flexibility index (Phi) is 6.53. The second kappa shape index (κ2) is 9.48. The molecule has 1 aliphatic heterocycles. The summed E-state index contributed by atoms with van der Waals surface area (Å²) >= 11 is 0. The van der Waals surface area contributed by atoms with Gasteiger partial charge >= 0.3 is 0 Å². The zero-order valence-electron chi connectivity index (χ0n) is 18.1. The summed E-state index contributed by atoms with van der Waals surface area (Å²) in [5.74, 6) is 1.97. The molecule has 4 heteroatoms. The lowest BCUT2D eigenvalue weighted by Gasteiger charge is -2.34. The van der Waals surface area contributed by atoms with Crippen LogP contribution in [0.2, 0.25) is 0 Å². The summed E-state index contributed by atoms with van der Waals surface area (Å²) in [4.78, 5) is 15.8. The molecule has 2 unspecified atom stereocenters. The van der Waals surface area contributed by atoms with Crippen LogP contribution in [0.1, 0.15) is 44.1 Å². The Morgan fingerprint density at radius 2 is 1.83 bits per heavy atom. The second-order valence-corrected chi connectivity index (χ2v) is 8.70. The highest BCUT2D eigenvalue weighted by atomic mass is 16.5. The van der Waals surface area contributed by atoms with Crippen LogP contribution >= 0.6 is 0 Å². The van der Waals surface area contributed by atoms with Crippen molar-refractivity contribution in [2.24, 2.45) is 5.92 Å². The normalized spacial score (nSPS) is 22.8. The molecule has 2 atom stereocenters. The summed E-state index contributed by atoms with van der Waals surface area (Å²) in [6.07, 6.45) is 3.92. The van der Waals surface area contributed by atoms with Gasteiger partial charge in [-0.1, -0.05) is 49.4 Å². The number of methoxy groups -OCH3 is 1. The number of likely N-dealkylation sites (tertiary alicyclic amines) is 1. The number of hydrogen-bond acceptors (Lipinski definition) is 4. The topological polar surface area (TPSA) is 41.6 Å². The Labute approximate surface area is 179 Å². The van der Waals surface area contributed by atoms with Crippen LogP contribution in [0.4, 0.5) is 5.69 Å². The largest absolute Gasteiger partial charge is 0.495 e. The van der Waals surface area contributed by atoms with Crippen LogP contribution in [-0.2, 0) is 4.79 Å². The molecule has 0 amide bonds. The molecule has 1 aliphatic carbocycles. The lowest BCUT2D eigenvalue weighted by molar-refractivity contribution is -0.116. The van der Waals surface area contributed by atoms with Gasteiger partial charge in [0.1, 0.15) is 5.75 Å². The third-order valence-corrected chi connectivity index (χ3v) is 6.37. The summed E-state index contributed by atoms with van der Waals surface area (Å²) in [6, 6.07) is 18.3. The molecule has 4 nitrogen and oxygen atoms in total. The number of rotatable bonds is 6. The molecular formula is C26H32N2O2. The van der Waals surface area contributed by atoms with Crippen molar-refractivity contribution in [3.8, 4) is 5.75 Å². The van der Waals surface area contributed by atoms with E-state index in [1.807, 2.05) is 30.3 Å². The van der Waals surface area contributed by atoms with E-state index in [9.17, 15) is 4.79 Å². The molecular weight excluding hydrogens is 372 g/mol. The molecule has 0 radical (unpaired) electrons. The number of ketones is 1. The number of benzene rings is 2. The molecule has 1 fully saturated rings. The molecule has 2 aromatic carbocycles. The SMILES string of the molecule is COc1ccccc1NC1=C(CN2CCCC(C)C2)C(=O)CC(c2ccccc2)C1. The van der Waals surface area contributed by atoms with Crippen LogP contribution in [0, 0.1) is 5.92 Å². The number of piperidine rings is 1. The summed E-state index contributed by atoms with van der Waals surface area (Å²) < 4.78 is 5.54. The molecule has 1 saturated heterocycles. The Hall–Kier alpha value is -2.59. The first kappa shape index (κ1) is 20.7. The van der Waals surface area contributed by atoms with Crippen LogP contribution in [0.15, 0.2) is 65.9 Å². The monoisotopic (exact) mass is 404 g/mol. The van der Waals surface area contributed by atoms with Crippen LogP contribution in [0.3, 0.4) is 0 Å². The van der Waals surface area contributed by atoms with Gasteiger partial charge in [0.2, 0.25) is 0 Å². The number of ether oxygens (including phenoxy) is 1. The molecule has 0 spiro atoms. The minimum absolute atomic E-state index is 0.208. The van der Waals surface area contributed by atoms with Crippen molar-refractivity contribution in [1.82, 2.24) is 4.90 Å². The van der Waals surface area contributed by atoms with E-state index in [1.54, 1.807) is 7.11 Å². The summed E-state index contributed by atoms with van der Waals surface area (Å²) in [5, 5.41) is 3.59. The van der Waals surface area contributed by atoms with Gasteiger partial charge in [0, 0.05) is 30.8 Å². The van der Waals surface area contributed by atoms with E-state index in [-0.39, 0.29) is 11.7 Å². The van der Waals surface area contributed by atoms with Gasteiger partial charge in [0.25, 0.3) is 0 Å². The fourth-order valence-electron chi connectivity index (χ4n) is 4.79. The fraction of sp³-hybridized carbons (Fsp3) is 0.423. The van der Waals surface area contributed by atoms with Crippen molar-refractivity contribution in [3.63, 3.8) is 0 Å². The summed E-state index contributed by atoms with van der Waals surface area (Å²) in [7, 11) is 1.68. The van der Waals surface area contributed by atoms with E-state index in [4.69, 9.17) is 4.74 Å². The highest BCUT2D eigenvalue weighted by Crippen LogP contribution is 2.37. The highest BCUT2D eigenvalue weighted by molar-refractivity contribution is 5.98. The second-order valence-electron chi connectivity index (χ2n) is 8.70. The quantitative estimate of drug-likeness (QED) is 0.715. The van der Waals surface area contributed by atoms with Crippen molar-refractivity contribution in [2.45, 2.75) is 38.5 Å². The van der Waals surface area contributed by atoms with Gasteiger partial charge in [0.15, 0.2) is 5.78 Å². The minimum atomic E-state index is 0.208. The third kappa shape index (κ3) is 4.76. The maximum atomic E-state index is 13.3. The van der Waals surface area contributed by atoms with Crippen LogP contribution in [-0.4, -0.2) is 37.4 Å². The van der Waals surface area contributed by atoms with Crippen LogP contribution in [0.25, 0.3) is 0 Å². The van der Waals surface area contributed by atoms with Gasteiger partial charge in [-0.2, -0.15) is 0 Å². The molecule has 1 N–H and O–H groups in total. The highest BCUT2D eigenvalue weighted by Gasteiger charge is 2.31. The zero-order valence-corrected chi connectivity index (χ0v) is 18.1. The number of hydrogen-bond donors (Lipinski definition) is 1. The Bertz CT molecular complexity index is 906. The Balaban J connectivity index is 1.65. The molecule has 0 saturated carbocycles. The molecule has 2 aromatic rings. The van der Waals surface area contributed by atoms with E-state index in [2.05, 4.69) is 41.4 Å². The predicted octanol–water partition coefficient (Wildman–Crippen LogP) is 5.24. The van der Waals surface area contributed by atoms with Gasteiger partial charge in [0.05, 0.1) is 12.8 Å². The molecule has 0 aromatic heterocycles. The van der Waals surface area contributed by atoms with Gasteiger partial charge < -0.3 is 10.1 Å². The van der Waals surface area contributed by atoms with E-state index < -0.39 is 0 Å². The van der Waals surface area contributed by atoms with Gasteiger partial charge in [-0.05, 0) is 55.3 Å². The van der Waals surface area contributed by atoms with Gasteiger partial charge in [-0.15, -0.1) is 0 Å². The predicted molar refractivity (Wildman–Crippen MR) is 122 cm³/mol. The van der Waals surface area contributed by atoms with Crippen molar-refractivity contribution in [1.29, 1.82) is 0 Å². The minimum Gasteiger partial charge on any atom is -0.495 e. The van der Waals surface area contributed by atoms with Crippen LogP contribution in [0.5, 0.6) is 5.75 Å². The van der Waals surface area contributed by atoms with Gasteiger partial charge in [-0.25, -0.2) is 0 Å². The summed E-state index contributed by atoms with van der Waals surface area (Å²) in [5.41, 5.74) is 4.14. The number of allylic oxidation sites excluding steroid dienone is 1. The molecule has 0 bridgehead atoms. The number of nitrogens with one attached hydrogen (secondary N) is 1. The lowest BCUT2D eigenvalue weighted by atomic mass is 9.81. The molecule has 158 valence electrons. The smallest absolute Gasteiger partial charge is 0.162 e. The maximum Gasteiger partial charge on any atom is 0.162 e. The van der Waals surface area contributed by atoms with E-state index in [1.165, 1.54) is 18.4 Å². The molecule has 4 rings (SSSR count). The number of Topliss-reactive ketones (excluding diaryl/α,β-unsaturated/α-hetero) is 1. The van der Waals surface area contributed by atoms with Crippen molar-refractivity contribution in [3.05, 3.63) is 71.4 Å². The fourth-order valence-corrected chi connectivity index (χ4v) is 4.79. The number of anilines is 1. The van der Waals surface area contributed by atoms with Crippen molar-refractivity contribution < 1.29 is 9.53 Å². The first-order chi connectivity index (χ1) is 14.6. The average molecular weight is 405 g/mol.